The first-order valence-corrected chi connectivity index (χ1v) is 7.00. The van der Waals surface area contributed by atoms with Gasteiger partial charge in [0.2, 0.25) is 9.84 Å². The van der Waals surface area contributed by atoms with E-state index in [0.717, 1.165) is 0 Å². The van der Waals surface area contributed by atoms with Crippen LogP contribution in [0.3, 0.4) is 0 Å². The molecule has 0 aliphatic carbocycles. The molecule has 4 heteroatoms. The Morgan fingerprint density at radius 1 is 0.833 bits per heavy atom. The van der Waals surface area contributed by atoms with Crippen molar-refractivity contribution in [2.45, 2.75) is 4.90 Å². The maximum absolute atomic E-state index is 12.5. The van der Waals surface area contributed by atoms with Crippen molar-refractivity contribution in [3.05, 3.63) is 65.7 Å². The van der Waals surface area contributed by atoms with Crippen LogP contribution in [0.15, 0.2) is 59.5 Å². The van der Waals surface area contributed by atoms with Crippen LogP contribution in [0.5, 0.6) is 0 Å². The molecule has 2 aromatic carbocycles. The molecule has 90 valence electrons. The zero-order chi connectivity index (χ0) is 12.8. The highest BCUT2D eigenvalue weighted by Gasteiger charge is 2.34. The van der Waals surface area contributed by atoms with Gasteiger partial charge in [-0.15, -0.1) is 0 Å². The van der Waals surface area contributed by atoms with Crippen molar-refractivity contribution in [3.8, 4) is 0 Å². The summed E-state index contributed by atoms with van der Waals surface area (Å²) in [7, 11) is -3.49. The number of hydrogen-bond donors (Lipinski definition) is 1. The van der Waals surface area contributed by atoms with Gasteiger partial charge in [0.05, 0.1) is 10.6 Å². The zero-order valence-electron chi connectivity index (χ0n) is 9.50. The highest BCUT2D eigenvalue weighted by molar-refractivity contribution is 8.01. The van der Waals surface area contributed by atoms with Crippen LogP contribution < -0.4 is 5.73 Å². The maximum atomic E-state index is 12.5. The van der Waals surface area contributed by atoms with Crippen LogP contribution in [0, 0.1) is 0 Å². The van der Waals surface area contributed by atoms with Gasteiger partial charge in [0.1, 0.15) is 4.91 Å². The predicted octanol–water partition coefficient (Wildman–Crippen LogP) is 2.26. The topological polar surface area (TPSA) is 60.2 Å². The summed E-state index contributed by atoms with van der Waals surface area (Å²) in [6.07, 6.45) is 0. The molecule has 0 saturated carbocycles. The van der Waals surface area contributed by atoms with E-state index in [1.807, 2.05) is 6.07 Å². The second-order valence-corrected chi connectivity index (χ2v) is 5.96. The second kappa shape index (κ2) is 3.71. The van der Waals surface area contributed by atoms with Crippen LogP contribution in [0.1, 0.15) is 11.1 Å². The predicted molar refractivity (Wildman–Crippen MR) is 71.1 cm³/mol. The van der Waals surface area contributed by atoms with E-state index in [-0.39, 0.29) is 4.91 Å². The average Bonchev–Trinajstić information content (AvgIpc) is 2.59. The van der Waals surface area contributed by atoms with Crippen molar-refractivity contribution in [2.75, 3.05) is 0 Å². The fraction of sp³-hybridized carbons (Fsp3) is 0. The largest absolute Gasteiger partial charge is 0.397 e. The Kier molecular flexibility index (Phi) is 2.28. The normalized spacial score (nSPS) is 16.7. The van der Waals surface area contributed by atoms with Gasteiger partial charge in [0, 0.05) is 5.56 Å². The summed E-state index contributed by atoms with van der Waals surface area (Å²) in [5.74, 6) is 0. The van der Waals surface area contributed by atoms with Crippen LogP contribution in [0.2, 0.25) is 0 Å². The number of nitrogens with two attached hydrogens (primary N) is 1. The van der Waals surface area contributed by atoms with Crippen LogP contribution in [0.4, 0.5) is 0 Å². The molecule has 0 aromatic heterocycles. The maximum Gasteiger partial charge on any atom is 0.209 e. The molecule has 18 heavy (non-hydrogen) atoms. The fourth-order valence-corrected chi connectivity index (χ4v) is 3.99. The van der Waals surface area contributed by atoms with Crippen molar-refractivity contribution < 1.29 is 8.42 Å². The lowest BCUT2D eigenvalue weighted by molar-refractivity contribution is 0.606. The molecule has 0 radical (unpaired) electrons. The zero-order valence-corrected chi connectivity index (χ0v) is 10.3. The molecule has 2 N–H and O–H groups in total. The lowest BCUT2D eigenvalue weighted by Crippen LogP contribution is -2.01. The summed E-state index contributed by atoms with van der Waals surface area (Å²) < 4.78 is 24.9. The Morgan fingerprint density at radius 2 is 1.44 bits per heavy atom. The van der Waals surface area contributed by atoms with Crippen LogP contribution >= 0.6 is 0 Å². The number of benzene rings is 2. The van der Waals surface area contributed by atoms with E-state index >= 15 is 0 Å². The van der Waals surface area contributed by atoms with Gasteiger partial charge in [-0.05, 0) is 11.6 Å². The van der Waals surface area contributed by atoms with Gasteiger partial charge >= 0.3 is 0 Å². The van der Waals surface area contributed by atoms with Crippen molar-refractivity contribution in [1.82, 2.24) is 0 Å². The van der Waals surface area contributed by atoms with Crippen molar-refractivity contribution >= 4 is 20.4 Å². The van der Waals surface area contributed by atoms with E-state index in [4.69, 9.17) is 5.73 Å². The SMILES string of the molecule is NC1=C(c2ccccc2)S(=O)(=O)c2ccccc21. The smallest absolute Gasteiger partial charge is 0.209 e. The van der Waals surface area contributed by atoms with Gasteiger partial charge in [0.25, 0.3) is 0 Å². The summed E-state index contributed by atoms with van der Waals surface area (Å²) in [6, 6.07) is 15.8. The van der Waals surface area contributed by atoms with Crippen molar-refractivity contribution in [1.29, 1.82) is 0 Å². The van der Waals surface area contributed by atoms with Gasteiger partial charge in [-0.3, -0.25) is 0 Å². The van der Waals surface area contributed by atoms with Gasteiger partial charge in [0.15, 0.2) is 0 Å². The first-order chi connectivity index (χ1) is 8.62. The van der Waals surface area contributed by atoms with E-state index in [1.165, 1.54) is 0 Å². The molecule has 0 bridgehead atoms. The molecule has 1 heterocycles. The average molecular weight is 257 g/mol. The van der Waals surface area contributed by atoms with Crippen molar-refractivity contribution in [2.24, 2.45) is 5.73 Å². The molecule has 2 aromatic rings. The number of rotatable bonds is 1. The molecule has 1 aliphatic heterocycles. The van der Waals surface area contributed by atoms with Crippen LogP contribution in [-0.2, 0) is 9.84 Å². The van der Waals surface area contributed by atoms with E-state index in [0.29, 0.717) is 21.7 Å². The summed E-state index contributed by atoms with van der Waals surface area (Å²) in [6.45, 7) is 0. The first kappa shape index (κ1) is 11.0. The van der Waals surface area contributed by atoms with Crippen LogP contribution in [-0.4, -0.2) is 8.42 Å². The van der Waals surface area contributed by atoms with E-state index in [9.17, 15) is 8.42 Å². The lowest BCUT2D eigenvalue weighted by atomic mass is 10.1. The molecule has 0 unspecified atom stereocenters. The summed E-state index contributed by atoms with van der Waals surface area (Å²) in [5.41, 5.74) is 7.55. The lowest BCUT2D eigenvalue weighted by Gasteiger charge is -2.03. The molecule has 0 fully saturated rings. The molecule has 1 aliphatic rings. The molecule has 0 spiro atoms. The standard InChI is InChI=1S/C14H11NO2S/c15-13-11-8-4-5-9-12(11)18(16,17)14(13)10-6-2-1-3-7-10/h1-9H,15H2. The van der Waals surface area contributed by atoms with E-state index < -0.39 is 9.84 Å². The fourth-order valence-electron chi connectivity index (χ4n) is 2.20. The highest BCUT2D eigenvalue weighted by atomic mass is 32.2. The second-order valence-electron chi connectivity index (χ2n) is 4.11. The minimum atomic E-state index is -3.49. The number of hydrogen-bond acceptors (Lipinski definition) is 3. The Balaban J connectivity index is 2.34. The van der Waals surface area contributed by atoms with E-state index in [1.54, 1.807) is 48.5 Å². The molecule has 0 amide bonds. The third-order valence-electron chi connectivity index (χ3n) is 3.02. The monoisotopic (exact) mass is 257 g/mol. The Hall–Kier alpha value is -2.07. The molecule has 3 rings (SSSR count). The third kappa shape index (κ3) is 1.39. The van der Waals surface area contributed by atoms with Gasteiger partial charge in [-0.2, -0.15) is 0 Å². The van der Waals surface area contributed by atoms with Gasteiger partial charge in [-0.25, -0.2) is 8.42 Å². The Labute approximate surface area is 105 Å². The molecule has 0 saturated heterocycles. The molecular weight excluding hydrogens is 246 g/mol. The summed E-state index contributed by atoms with van der Waals surface area (Å²) >= 11 is 0. The molecular formula is C14H11NO2S. The van der Waals surface area contributed by atoms with Gasteiger partial charge in [-0.1, -0.05) is 48.5 Å². The Bertz CT molecular complexity index is 746. The highest BCUT2D eigenvalue weighted by Crippen LogP contribution is 2.41. The molecule has 3 nitrogen and oxygen atoms in total. The quantitative estimate of drug-likeness (QED) is 0.852. The third-order valence-corrected chi connectivity index (χ3v) is 4.94. The summed E-state index contributed by atoms with van der Waals surface area (Å²) in [5, 5.41) is 0. The minimum absolute atomic E-state index is 0.212. The minimum Gasteiger partial charge on any atom is -0.397 e. The number of fused-ring (bicyclic) bond motifs is 1. The molecule has 0 atom stereocenters. The van der Waals surface area contributed by atoms with E-state index in [2.05, 4.69) is 0 Å². The van der Waals surface area contributed by atoms with Crippen LogP contribution in [0.25, 0.3) is 10.6 Å². The Morgan fingerprint density at radius 3 is 2.11 bits per heavy atom. The first-order valence-electron chi connectivity index (χ1n) is 5.52. The van der Waals surface area contributed by atoms with Crippen molar-refractivity contribution in [3.63, 3.8) is 0 Å². The summed E-state index contributed by atoms with van der Waals surface area (Å²) in [4.78, 5) is 0.505. The van der Waals surface area contributed by atoms with Gasteiger partial charge < -0.3 is 5.73 Å². The number of sulfone groups is 1.